The highest BCUT2D eigenvalue weighted by Gasteiger charge is 2.17. The van der Waals surface area contributed by atoms with E-state index >= 15 is 0 Å². The second kappa shape index (κ2) is 9.74. The monoisotopic (exact) mass is 559 g/mol. The molecule has 202 valence electrons. The molecule has 0 atom stereocenters. The van der Waals surface area contributed by atoms with Crippen LogP contribution in [0.5, 0.6) is 0 Å². The predicted molar refractivity (Wildman–Crippen MR) is 178 cm³/mol. The van der Waals surface area contributed by atoms with Gasteiger partial charge in [0.2, 0.25) is 0 Å². The second-order valence-corrected chi connectivity index (χ2v) is 10.7. The van der Waals surface area contributed by atoms with Crippen molar-refractivity contribution >= 4 is 55.0 Å². The number of hydrogen-bond acceptors (Lipinski definition) is 1. The van der Waals surface area contributed by atoms with Gasteiger partial charge < -0.3 is 9.13 Å². The summed E-state index contributed by atoms with van der Waals surface area (Å²) < 4.78 is 4.39. The molecule has 0 saturated carbocycles. The zero-order valence-electron chi connectivity index (χ0n) is 23.4. The molecule has 0 aliphatic rings. The molecule has 0 N–H and O–H groups in total. The van der Waals surface area contributed by atoms with Gasteiger partial charge in [0.1, 0.15) is 0 Å². The molecule has 2 aromatic heterocycles. The summed E-state index contributed by atoms with van der Waals surface area (Å²) in [5, 5.41) is 14.5. The molecule has 0 radical (unpaired) electrons. The number of para-hydroxylation sites is 2. The van der Waals surface area contributed by atoms with E-state index in [1.165, 1.54) is 10.8 Å². The van der Waals surface area contributed by atoms with Crippen molar-refractivity contribution in [3.63, 3.8) is 0 Å². The van der Waals surface area contributed by atoms with Crippen LogP contribution in [0.3, 0.4) is 0 Å². The van der Waals surface area contributed by atoms with Crippen molar-refractivity contribution in [1.82, 2.24) is 9.13 Å². The first-order valence-electron chi connectivity index (χ1n) is 14.1. The maximum atomic E-state index is 9.96. The predicted octanol–water partition coefficient (Wildman–Crippen LogP) is 10.5. The Bertz CT molecular complexity index is 2580. The van der Waals surface area contributed by atoms with Gasteiger partial charge in [-0.25, -0.2) is 9.69 Å². The number of fused-ring (bicyclic) bond motifs is 6. The van der Waals surface area contributed by atoms with Crippen LogP contribution in [0, 0.1) is 24.5 Å². The van der Waals surface area contributed by atoms with Crippen LogP contribution in [-0.4, -0.2) is 9.13 Å². The Kier molecular flexibility index (Phi) is 5.56. The van der Waals surface area contributed by atoms with Crippen LogP contribution in [0.4, 0.5) is 11.4 Å². The fraction of sp³-hybridized carbons (Fsp3) is 0. The van der Waals surface area contributed by atoms with E-state index < -0.39 is 0 Å². The summed E-state index contributed by atoms with van der Waals surface area (Å²) in [6.07, 6.45) is 0. The van der Waals surface area contributed by atoms with E-state index in [1.807, 2.05) is 42.5 Å². The van der Waals surface area contributed by atoms with Crippen molar-refractivity contribution in [3.05, 3.63) is 156 Å². The van der Waals surface area contributed by atoms with Gasteiger partial charge in [-0.2, -0.15) is 5.26 Å². The van der Waals surface area contributed by atoms with Gasteiger partial charge in [-0.05, 0) is 65.7 Å². The molecule has 0 unspecified atom stereocenters. The lowest BCUT2D eigenvalue weighted by Gasteiger charge is -2.11. The van der Waals surface area contributed by atoms with E-state index in [1.54, 1.807) is 12.1 Å². The van der Waals surface area contributed by atoms with E-state index in [2.05, 4.69) is 97.7 Å². The zero-order valence-corrected chi connectivity index (χ0v) is 23.4. The summed E-state index contributed by atoms with van der Waals surface area (Å²) in [7, 11) is 0. The van der Waals surface area contributed by atoms with Crippen LogP contribution in [0.1, 0.15) is 5.56 Å². The van der Waals surface area contributed by atoms with E-state index in [9.17, 15) is 5.26 Å². The van der Waals surface area contributed by atoms with Crippen molar-refractivity contribution in [1.29, 1.82) is 5.26 Å². The maximum absolute atomic E-state index is 9.96. The van der Waals surface area contributed by atoms with Gasteiger partial charge in [-0.1, -0.05) is 72.8 Å². The number of nitriles is 1. The Morgan fingerprint density at radius 2 is 1.09 bits per heavy atom. The van der Waals surface area contributed by atoms with E-state index in [4.69, 9.17) is 13.1 Å². The van der Waals surface area contributed by atoms with E-state index in [-0.39, 0.29) is 0 Å². The molecule has 44 heavy (non-hydrogen) atoms. The standard InChI is InChI=1S/C39H21N5/c1-41-28-13-16-30(17-14-28)43-36-9-5-3-7-31(36)33-18-11-26(23-39(33)43)25-12-19-38-34(22-25)32-8-4-6-10-37(32)44(38)35-20-15-29(42-2)21-27(35)24-40/h3-23H. The smallest absolute Gasteiger partial charge is 0.188 e. The Labute approximate surface area is 253 Å². The minimum absolute atomic E-state index is 0.448. The summed E-state index contributed by atoms with van der Waals surface area (Å²) in [6.45, 7) is 14.7. The van der Waals surface area contributed by atoms with Crippen LogP contribution < -0.4 is 0 Å². The SMILES string of the molecule is [C-]#[N+]c1ccc(-n2c3ccccc3c3ccc(-c4ccc5c(c4)c4ccccc4n5-c4ccc([N+]#[C-])cc4C#N)cc32)cc1. The lowest BCUT2D eigenvalue weighted by Crippen LogP contribution is -1.97. The molecule has 0 aliphatic carbocycles. The van der Waals surface area contributed by atoms with E-state index in [0.29, 0.717) is 16.9 Å². The van der Waals surface area contributed by atoms with Gasteiger partial charge in [0.25, 0.3) is 0 Å². The van der Waals surface area contributed by atoms with Crippen LogP contribution in [0.25, 0.3) is 75.8 Å². The zero-order chi connectivity index (χ0) is 29.8. The number of hydrogen-bond donors (Lipinski definition) is 0. The average molecular weight is 560 g/mol. The largest absolute Gasteiger partial charge is 0.309 e. The summed E-state index contributed by atoms with van der Waals surface area (Å²) in [4.78, 5) is 7.08. The fourth-order valence-corrected chi connectivity index (χ4v) is 6.39. The Morgan fingerprint density at radius 1 is 0.500 bits per heavy atom. The van der Waals surface area contributed by atoms with Crippen molar-refractivity contribution in [3.8, 4) is 28.6 Å². The first kappa shape index (κ1) is 25.1. The molecule has 0 fully saturated rings. The van der Waals surface area contributed by atoms with E-state index in [0.717, 1.165) is 55.3 Å². The molecule has 0 saturated heterocycles. The average Bonchev–Trinajstić information content (AvgIpc) is 3.60. The molecule has 6 aromatic carbocycles. The van der Waals surface area contributed by atoms with Gasteiger partial charge in [0.05, 0.1) is 52.5 Å². The highest BCUT2D eigenvalue weighted by atomic mass is 15.0. The lowest BCUT2D eigenvalue weighted by molar-refractivity contribution is 1.17. The maximum Gasteiger partial charge on any atom is 0.188 e. The van der Waals surface area contributed by atoms with Crippen LogP contribution in [-0.2, 0) is 0 Å². The van der Waals surface area contributed by atoms with Crippen LogP contribution in [0.2, 0.25) is 0 Å². The molecular weight excluding hydrogens is 538 g/mol. The third-order valence-electron chi connectivity index (χ3n) is 8.39. The molecular formula is C39H21N5. The minimum Gasteiger partial charge on any atom is -0.309 e. The number of nitrogens with zero attached hydrogens (tertiary/aromatic N) is 5. The molecule has 0 bridgehead atoms. The van der Waals surface area contributed by atoms with Gasteiger partial charge in [-0.15, -0.1) is 0 Å². The minimum atomic E-state index is 0.448. The Morgan fingerprint density at radius 3 is 1.82 bits per heavy atom. The Hall–Kier alpha value is -6.61. The third kappa shape index (κ3) is 3.70. The highest BCUT2D eigenvalue weighted by molar-refractivity contribution is 6.12. The van der Waals surface area contributed by atoms with Crippen molar-refractivity contribution < 1.29 is 0 Å². The molecule has 0 aliphatic heterocycles. The van der Waals surface area contributed by atoms with Gasteiger partial charge >= 0.3 is 0 Å². The molecule has 5 heteroatoms. The van der Waals surface area contributed by atoms with Crippen LogP contribution >= 0.6 is 0 Å². The van der Waals surface area contributed by atoms with Gasteiger partial charge in [0.15, 0.2) is 11.4 Å². The fourth-order valence-electron chi connectivity index (χ4n) is 6.39. The number of aromatic nitrogens is 2. The van der Waals surface area contributed by atoms with Crippen LogP contribution in [0.15, 0.2) is 127 Å². The molecule has 2 heterocycles. The molecule has 8 aromatic rings. The van der Waals surface area contributed by atoms with Gasteiger partial charge in [-0.3, -0.25) is 0 Å². The molecule has 0 spiro atoms. The lowest BCUT2D eigenvalue weighted by atomic mass is 10.0. The third-order valence-corrected chi connectivity index (χ3v) is 8.39. The molecule has 5 nitrogen and oxygen atoms in total. The van der Waals surface area contributed by atoms with Gasteiger partial charge in [0, 0.05) is 27.2 Å². The van der Waals surface area contributed by atoms with Crippen molar-refractivity contribution in [2.45, 2.75) is 0 Å². The van der Waals surface area contributed by atoms with Crippen molar-refractivity contribution in [2.24, 2.45) is 0 Å². The summed E-state index contributed by atoms with van der Waals surface area (Å²) >= 11 is 0. The number of benzene rings is 6. The van der Waals surface area contributed by atoms with Crippen molar-refractivity contribution in [2.75, 3.05) is 0 Å². The summed E-state index contributed by atoms with van der Waals surface area (Å²) in [5.74, 6) is 0. The molecule has 8 rings (SSSR count). The Balaban J connectivity index is 1.35. The second-order valence-electron chi connectivity index (χ2n) is 10.7. The number of rotatable bonds is 3. The molecule has 0 amide bonds. The topological polar surface area (TPSA) is 42.4 Å². The highest BCUT2D eigenvalue weighted by Crippen LogP contribution is 2.39. The normalized spacial score (nSPS) is 11.1. The summed E-state index contributed by atoms with van der Waals surface area (Å²) in [6, 6.07) is 45.1. The quantitative estimate of drug-likeness (QED) is 0.199. The first-order chi connectivity index (χ1) is 21.7. The first-order valence-corrected chi connectivity index (χ1v) is 14.1. The summed E-state index contributed by atoms with van der Waals surface area (Å²) in [5.41, 5.74) is 9.70.